The minimum absolute atomic E-state index is 1.12. The molecule has 0 spiro atoms. The van der Waals surface area contributed by atoms with Crippen LogP contribution in [0.3, 0.4) is 0 Å². The number of rotatable bonds is 1. The molecule has 1 heterocycles. The van der Waals surface area contributed by atoms with E-state index in [9.17, 15) is 0 Å². The van der Waals surface area contributed by atoms with Crippen molar-refractivity contribution in [2.45, 2.75) is 34.6 Å². The van der Waals surface area contributed by atoms with Crippen LogP contribution < -0.4 is 0 Å². The largest absolute Gasteiger partial charge is 0.249 e. The summed E-state index contributed by atoms with van der Waals surface area (Å²) in [6.45, 7) is 10.3. The Morgan fingerprint density at radius 1 is 1.00 bits per heavy atom. The van der Waals surface area contributed by atoms with Gasteiger partial charge >= 0.3 is 0 Å². The van der Waals surface area contributed by atoms with Crippen molar-refractivity contribution in [2.75, 3.05) is 0 Å². The normalized spacial score (nSPS) is 9.56. The Labute approximate surface area is 102 Å². The van der Waals surface area contributed by atoms with Gasteiger partial charge in [-0.15, -0.1) is 11.3 Å². The molecule has 1 nitrogen and oxygen atoms in total. The molecule has 2 rings (SSSR count). The highest BCUT2D eigenvalue weighted by atomic mass is 32.1. The quantitative estimate of drug-likeness (QED) is 0.692. The van der Waals surface area contributed by atoms with Crippen LogP contribution in [-0.2, 0) is 0 Å². The average molecular weight is 233 g/mol. The topological polar surface area (TPSA) is 12.9 Å². The molecule has 0 bridgehead atoms. The van der Waals surface area contributed by atoms with Crippen molar-refractivity contribution in [3.63, 3.8) is 0 Å². The number of benzene rings is 1. The minimum atomic E-state index is 1.12. The van der Waals surface area contributed by atoms with Crippen LogP contribution in [0.5, 0.6) is 0 Å². The summed E-state index contributed by atoms with van der Waals surface area (Å²) in [5, 5.41) is 1.12. The SMILES string of the molecule is CC.Cc1ncc(-c2ccc(C)c(C)c2)s1. The molecule has 0 saturated heterocycles. The third-order valence-corrected chi connectivity index (χ3v) is 3.37. The predicted molar refractivity (Wildman–Crippen MR) is 73.1 cm³/mol. The van der Waals surface area contributed by atoms with Gasteiger partial charge in [-0.05, 0) is 37.5 Å². The molecule has 0 aliphatic carbocycles. The Morgan fingerprint density at radius 2 is 1.69 bits per heavy atom. The van der Waals surface area contributed by atoms with Crippen LogP contribution in [0.25, 0.3) is 10.4 Å². The molecule has 0 unspecified atom stereocenters. The van der Waals surface area contributed by atoms with Gasteiger partial charge in [0.1, 0.15) is 0 Å². The molecular weight excluding hydrogens is 214 g/mol. The van der Waals surface area contributed by atoms with Crippen molar-refractivity contribution in [1.82, 2.24) is 4.98 Å². The van der Waals surface area contributed by atoms with E-state index >= 15 is 0 Å². The summed E-state index contributed by atoms with van der Waals surface area (Å²) in [5.41, 5.74) is 3.96. The van der Waals surface area contributed by atoms with E-state index in [-0.39, 0.29) is 0 Å². The summed E-state index contributed by atoms with van der Waals surface area (Å²) < 4.78 is 0. The van der Waals surface area contributed by atoms with Gasteiger partial charge in [0.25, 0.3) is 0 Å². The third kappa shape index (κ3) is 2.92. The maximum absolute atomic E-state index is 4.26. The molecular formula is C14H19NS. The van der Waals surface area contributed by atoms with Gasteiger partial charge in [0.2, 0.25) is 0 Å². The second-order valence-corrected chi connectivity index (χ2v) is 4.78. The van der Waals surface area contributed by atoms with Crippen molar-refractivity contribution in [3.05, 3.63) is 40.5 Å². The summed E-state index contributed by atoms with van der Waals surface area (Å²) in [4.78, 5) is 5.52. The highest BCUT2D eigenvalue weighted by Gasteiger charge is 2.02. The lowest BCUT2D eigenvalue weighted by atomic mass is 10.1. The lowest BCUT2D eigenvalue weighted by molar-refractivity contribution is 1.30. The van der Waals surface area contributed by atoms with Gasteiger partial charge in [0.05, 0.1) is 9.88 Å². The van der Waals surface area contributed by atoms with Crippen molar-refractivity contribution >= 4 is 11.3 Å². The molecule has 0 saturated carbocycles. The number of aromatic nitrogens is 1. The van der Waals surface area contributed by atoms with E-state index in [4.69, 9.17) is 0 Å². The van der Waals surface area contributed by atoms with E-state index in [1.165, 1.54) is 21.6 Å². The fraction of sp³-hybridized carbons (Fsp3) is 0.357. The molecule has 86 valence electrons. The number of hydrogen-bond donors (Lipinski definition) is 0. The highest BCUT2D eigenvalue weighted by molar-refractivity contribution is 7.15. The molecule has 0 aliphatic rings. The second kappa shape index (κ2) is 5.80. The summed E-state index contributed by atoms with van der Waals surface area (Å²) >= 11 is 1.74. The Kier molecular flexibility index (Phi) is 4.69. The average Bonchev–Trinajstić information content (AvgIpc) is 2.72. The van der Waals surface area contributed by atoms with Gasteiger partial charge < -0.3 is 0 Å². The highest BCUT2D eigenvalue weighted by Crippen LogP contribution is 2.27. The zero-order valence-corrected chi connectivity index (χ0v) is 11.5. The van der Waals surface area contributed by atoms with Crippen LogP contribution in [0.4, 0.5) is 0 Å². The van der Waals surface area contributed by atoms with Crippen LogP contribution >= 0.6 is 11.3 Å². The molecule has 16 heavy (non-hydrogen) atoms. The Hall–Kier alpha value is -1.15. The molecule has 0 radical (unpaired) electrons. The molecule has 0 fully saturated rings. The Bertz CT molecular complexity index is 458. The molecule has 2 aromatic rings. The Balaban J connectivity index is 0.000000606. The molecule has 0 amide bonds. The first-order valence-corrected chi connectivity index (χ1v) is 6.48. The zero-order chi connectivity index (χ0) is 12.1. The predicted octanol–water partition coefficient (Wildman–Crippen LogP) is 4.76. The maximum Gasteiger partial charge on any atom is 0.0900 e. The van der Waals surface area contributed by atoms with Crippen molar-refractivity contribution in [3.8, 4) is 10.4 Å². The summed E-state index contributed by atoms with van der Waals surface area (Å²) in [7, 11) is 0. The van der Waals surface area contributed by atoms with Crippen molar-refractivity contribution < 1.29 is 0 Å². The van der Waals surface area contributed by atoms with E-state index in [1.54, 1.807) is 11.3 Å². The number of nitrogens with zero attached hydrogens (tertiary/aromatic N) is 1. The number of thiazole rings is 1. The molecule has 1 aromatic carbocycles. The first-order chi connectivity index (χ1) is 7.66. The minimum Gasteiger partial charge on any atom is -0.249 e. The molecule has 0 atom stereocenters. The smallest absolute Gasteiger partial charge is 0.0900 e. The van der Waals surface area contributed by atoms with E-state index in [1.807, 2.05) is 27.0 Å². The molecule has 0 N–H and O–H groups in total. The van der Waals surface area contributed by atoms with E-state index in [0.29, 0.717) is 0 Å². The van der Waals surface area contributed by atoms with Crippen molar-refractivity contribution in [1.29, 1.82) is 0 Å². The maximum atomic E-state index is 4.26. The van der Waals surface area contributed by atoms with Crippen LogP contribution in [0, 0.1) is 20.8 Å². The van der Waals surface area contributed by atoms with E-state index < -0.39 is 0 Å². The summed E-state index contributed by atoms with van der Waals surface area (Å²) in [6, 6.07) is 6.55. The van der Waals surface area contributed by atoms with Crippen LogP contribution in [-0.4, -0.2) is 4.98 Å². The first kappa shape index (κ1) is 12.9. The van der Waals surface area contributed by atoms with Gasteiger partial charge in [-0.2, -0.15) is 0 Å². The van der Waals surface area contributed by atoms with Crippen molar-refractivity contribution in [2.24, 2.45) is 0 Å². The fourth-order valence-corrected chi connectivity index (χ4v) is 2.16. The van der Waals surface area contributed by atoms with Gasteiger partial charge in [-0.25, -0.2) is 4.98 Å². The lowest BCUT2D eigenvalue weighted by Gasteiger charge is -2.02. The van der Waals surface area contributed by atoms with Gasteiger partial charge in [-0.3, -0.25) is 0 Å². The number of aryl methyl sites for hydroxylation is 3. The van der Waals surface area contributed by atoms with Crippen LogP contribution in [0.15, 0.2) is 24.4 Å². The molecule has 2 heteroatoms. The Morgan fingerprint density at radius 3 is 2.19 bits per heavy atom. The van der Waals surface area contributed by atoms with E-state index in [2.05, 4.69) is 37.0 Å². The first-order valence-electron chi connectivity index (χ1n) is 5.67. The summed E-state index contributed by atoms with van der Waals surface area (Å²) in [5.74, 6) is 0. The third-order valence-electron chi connectivity index (χ3n) is 2.41. The van der Waals surface area contributed by atoms with Gasteiger partial charge in [0, 0.05) is 6.20 Å². The lowest BCUT2D eigenvalue weighted by Crippen LogP contribution is -1.80. The van der Waals surface area contributed by atoms with Crippen LogP contribution in [0.2, 0.25) is 0 Å². The zero-order valence-electron chi connectivity index (χ0n) is 10.7. The van der Waals surface area contributed by atoms with Gasteiger partial charge in [-0.1, -0.05) is 32.0 Å². The second-order valence-electron chi connectivity index (χ2n) is 3.54. The van der Waals surface area contributed by atoms with Crippen LogP contribution in [0.1, 0.15) is 30.0 Å². The molecule has 0 aliphatic heterocycles. The van der Waals surface area contributed by atoms with Gasteiger partial charge in [0.15, 0.2) is 0 Å². The monoisotopic (exact) mass is 233 g/mol. The standard InChI is InChI=1S/C12H13NS.C2H6/c1-8-4-5-11(6-9(8)2)12-7-13-10(3)14-12;1-2/h4-7H,1-3H3;1-2H3. The van der Waals surface area contributed by atoms with E-state index in [0.717, 1.165) is 5.01 Å². The molecule has 1 aromatic heterocycles. The fourth-order valence-electron chi connectivity index (χ4n) is 1.39. The summed E-state index contributed by atoms with van der Waals surface area (Å²) in [6.07, 6.45) is 1.95. The number of hydrogen-bond acceptors (Lipinski definition) is 2.